The van der Waals surface area contributed by atoms with Crippen molar-refractivity contribution in [2.75, 3.05) is 25.1 Å². The van der Waals surface area contributed by atoms with Gasteiger partial charge in [0.15, 0.2) is 11.5 Å². The Bertz CT molecular complexity index is 1090. The quantitative estimate of drug-likeness (QED) is 0.760. The first-order valence-corrected chi connectivity index (χ1v) is 10.4. The number of nitrogens with one attached hydrogen (secondary N) is 1. The van der Waals surface area contributed by atoms with Gasteiger partial charge in [0.05, 0.1) is 24.5 Å². The SMILES string of the molecule is O=C(Nc1ccc2c(c1)OCCO2)[C@H]1[C@H]2C(=O)N(Cc3ccncc3)C[C@@]23C=C[C@H]1O3. The van der Waals surface area contributed by atoms with Gasteiger partial charge in [-0.2, -0.15) is 0 Å². The molecular weight excluding hydrogens is 398 g/mol. The van der Waals surface area contributed by atoms with Crippen LogP contribution in [-0.2, 0) is 20.9 Å². The van der Waals surface area contributed by atoms with Crippen molar-refractivity contribution in [1.82, 2.24) is 9.88 Å². The van der Waals surface area contributed by atoms with E-state index in [4.69, 9.17) is 14.2 Å². The number of anilines is 1. The summed E-state index contributed by atoms with van der Waals surface area (Å²) in [6.45, 7) is 1.89. The molecule has 0 radical (unpaired) electrons. The summed E-state index contributed by atoms with van der Waals surface area (Å²) >= 11 is 0. The minimum absolute atomic E-state index is 0.0500. The molecule has 31 heavy (non-hydrogen) atoms. The Hall–Kier alpha value is -3.39. The zero-order valence-electron chi connectivity index (χ0n) is 16.7. The molecule has 0 aliphatic carbocycles. The minimum atomic E-state index is -0.733. The zero-order chi connectivity index (χ0) is 21.0. The highest BCUT2D eigenvalue weighted by Gasteiger charge is 2.66. The number of nitrogens with zero attached hydrogens (tertiary/aromatic N) is 2. The first-order valence-electron chi connectivity index (χ1n) is 10.4. The van der Waals surface area contributed by atoms with Crippen LogP contribution >= 0.6 is 0 Å². The Morgan fingerprint density at radius 2 is 1.97 bits per heavy atom. The van der Waals surface area contributed by atoms with E-state index >= 15 is 0 Å². The third-order valence-corrected chi connectivity index (χ3v) is 6.41. The molecule has 2 saturated heterocycles. The van der Waals surface area contributed by atoms with Crippen molar-refractivity contribution in [1.29, 1.82) is 0 Å². The molecule has 2 aromatic rings. The normalized spacial score (nSPS) is 29.9. The molecule has 2 fully saturated rings. The van der Waals surface area contributed by atoms with Crippen LogP contribution in [0.25, 0.3) is 0 Å². The van der Waals surface area contributed by atoms with E-state index in [1.165, 1.54) is 0 Å². The Morgan fingerprint density at radius 1 is 1.16 bits per heavy atom. The van der Waals surface area contributed by atoms with Gasteiger partial charge in [-0.1, -0.05) is 12.2 Å². The van der Waals surface area contributed by atoms with Gasteiger partial charge in [0.1, 0.15) is 18.8 Å². The van der Waals surface area contributed by atoms with Gasteiger partial charge in [0.2, 0.25) is 11.8 Å². The molecule has 0 unspecified atom stereocenters. The Morgan fingerprint density at radius 3 is 2.81 bits per heavy atom. The van der Waals surface area contributed by atoms with Crippen LogP contribution in [0, 0.1) is 11.8 Å². The van der Waals surface area contributed by atoms with E-state index in [1.54, 1.807) is 35.5 Å². The van der Waals surface area contributed by atoms with E-state index in [0.29, 0.717) is 43.5 Å². The molecule has 4 aliphatic rings. The number of fused-ring (bicyclic) bond motifs is 2. The van der Waals surface area contributed by atoms with Crippen molar-refractivity contribution in [2.24, 2.45) is 11.8 Å². The lowest BCUT2D eigenvalue weighted by Crippen LogP contribution is -2.41. The van der Waals surface area contributed by atoms with E-state index in [1.807, 2.05) is 24.3 Å². The number of likely N-dealkylation sites (tertiary alicyclic amines) is 1. The third kappa shape index (κ3) is 2.90. The number of pyridine rings is 1. The average Bonchev–Trinajstić information content (AvgIpc) is 3.43. The minimum Gasteiger partial charge on any atom is -0.486 e. The first kappa shape index (κ1) is 18.4. The number of carbonyl (C=O) groups excluding carboxylic acids is 2. The standard InChI is InChI=1S/C23H21N3O5/c27-21(25-15-1-2-16-18(11-15)30-10-9-29-16)19-17-3-6-23(31-17)13-26(22(28)20(19)23)12-14-4-7-24-8-5-14/h1-8,11,17,19-20H,9-10,12-13H2,(H,25,27)/t17-,19-,20+,23+/m1/s1. The highest BCUT2D eigenvalue weighted by atomic mass is 16.6. The molecule has 2 bridgehead atoms. The Balaban J connectivity index is 1.23. The van der Waals surface area contributed by atoms with E-state index in [9.17, 15) is 9.59 Å². The molecule has 4 atom stereocenters. The first-order chi connectivity index (χ1) is 15.1. The van der Waals surface area contributed by atoms with Crippen molar-refractivity contribution < 1.29 is 23.8 Å². The molecule has 8 heteroatoms. The third-order valence-electron chi connectivity index (χ3n) is 6.41. The number of amides is 2. The molecule has 4 aliphatic heterocycles. The smallest absolute Gasteiger partial charge is 0.231 e. The van der Waals surface area contributed by atoms with Crippen LogP contribution in [0.4, 0.5) is 5.69 Å². The van der Waals surface area contributed by atoms with E-state index in [0.717, 1.165) is 5.56 Å². The number of ether oxygens (including phenoxy) is 3. The number of hydrogen-bond donors (Lipinski definition) is 1. The molecule has 8 nitrogen and oxygen atoms in total. The summed E-state index contributed by atoms with van der Waals surface area (Å²) in [6.07, 6.45) is 6.89. The predicted octanol–water partition coefficient (Wildman–Crippen LogP) is 1.77. The summed E-state index contributed by atoms with van der Waals surface area (Å²) in [6, 6.07) is 9.08. The fourth-order valence-electron chi connectivity index (χ4n) is 5.07. The van der Waals surface area contributed by atoms with Crippen LogP contribution in [0.2, 0.25) is 0 Å². The topological polar surface area (TPSA) is 90.0 Å². The fraction of sp³-hybridized carbons (Fsp3) is 0.348. The molecule has 1 aromatic carbocycles. The van der Waals surface area contributed by atoms with Gasteiger partial charge >= 0.3 is 0 Å². The molecule has 5 heterocycles. The average molecular weight is 419 g/mol. The Labute approximate surface area is 178 Å². The highest BCUT2D eigenvalue weighted by molar-refractivity contribution is 5.99. The number of aromatic nitrogens is 1. The molecule has 1 N–H and O–H groups in total. The summed E-state index contributed by atoms with van der Waals surface area (Å²) in [5.74, 6) is -0.116. The summed E-state index contributed by atoms with van der Waals surface area (Å²) in [7, 11) is 0. The monoisotopic (exact) mass is 419 g/mol. The highest BCUT2D eigenvalue weighted by Crippen LogP contribution is 2.52. The predicted molar refractivity (Wildman–Crippen MR) is 109 cm³/mol. The van der Waals surface area contributed by atoms with E-state index in [2.05, 4.69) is 10.3 Å². The molecular formula is C23H21N3O5. The number of benzene rings is 1. The van der Waals surface area contributed by atoms with Crippen LogP contribution in [0.15, 0.2) is 54.9 Å². The van der Waals surface area contributed by atoms with Crippen molar-refractivity contribution in [2.45, 2.75) is 18.2 Å². The maximum absolute atomic E-state index is 13.3. The van der Waals surface area contributed by atoms with Crippen molar-refractivity contribution >= 4 is 17.5 Å². The van der Waals surface area contributed by atoms with E-state index in [-0.39, 0.29) is 11.8 Å². The lowest BCUT2D eigenvalue weighted by Gasteiger charge is -2.24. The molecule has 0 saturated carbocycles. The number of hydrogen-bond acceptors (Lipinski definition) is 6. The van der Waals surface area contributed by atoms with Gasteiger partial charge in [-0.05, 0) is 29.8 Å². The maximum atomic E-state index is 13.3. The summed E-state index contributed by atoms with van der Waals surface area (Å²) in [5.41, 5.74) is 0.869. The fourth-order valence-corrected chi connectivity index (χ4v) is 5.07. The van der Waals surface area contributed by atoms with Gasteiger partial charge in [0.25, 0.3) is 0 Å². The molecule has 158 valence electrons. The lowest BCUT2D eigenvalue weighted by atomic mass is 9.77. The van der Waals surface area contributed by atoms with Gasteiger partial charge < -0.3 is 24.4 Å². The largest absolute Gasteiger partial charge is 0.486 e. The second-order valence-electron chi connectivity index (χ2n) is 8.30. The van der Waals surface area contributed by atoms with Gasteiger partial charge in [-0.25, -0.2) is 0 Å². The molecule has 2 amide bonds. The zero-order valence-corrected chi connectivity index (χ0v) is 16.7. The van der Waals surface area contributed by atoms with Gasteiger partial charge in [0, 0.05) is 30.7 Å². The van der Waals surface area contributed by atoms with Crippen LogP contribution in [0.3, 0.4) is 0 Å². The molecule has 1 aromatic heterocycles. The van der Waals surface area contributed by atoms with Crippen LogP contribution in [0.5, 0.6) is 11.5 Å². The van der Waals surface area contributed by atoms with Crippen molar-refractivity contribution in [3.05, 3.63) is 60.4 Å². The van der Waals surface area contributed by atoms with Crippen LogP contribution < -0.4 is 14.8 Å². The maximum Gasteiger partial charge on any atom is 0.231 e. The number of carbonyl (C=O) groups is 2. The van der Waals surface area contributed by atoms with Crippen LogP contribution in [0.1, 0.15) is 5.56 Å². The number of rotatable bonds is 4. The van der Waals surface area contributed by atoms with Crippen LogP contribution in [-0.4, -0.2) is 53.2 Å². The van der Waals surface area contributed by atoms with Gasteiger partial charge in [-0.15, -0.1) is 0 Å². The van der Waals surface area contributed by atoms with E-state index < -0.39 is 23.5 Å². The lowest BCUT2D eigenvalue weighted by molar-refractivity contribution is -0.136. The molecule has 6 rings (SSSR count). The second-order valence-corrected chi connectivity index (χ2v) is 8.30. The Kier molecular flexibility index (Phi) is 4.04. The summed E-state index contributed by atoms with van der Waals surface area (Å²) in [5, 5.41) is 2.95. The second kappa shape index (κ2) is 6.81. The van der Waals surface area contributed by atoms with Gasteiger partial charge in [-0.3, -0.25) is 14.6 Å². The van der Waals surface area contributed by atoms with Crippen molar-refractivity contribution in [3.8, 4) is 11.5 Å². The summed E-state index contributed by atoms with van der Waals surface area (Å²) < 4.78 is 17.3. The van der Waals surface area contributed by atoms with Crippen molar-refractivity contribution in [3.63, 3.8) is 0 Å². The summed E-state index contributed by atoms with van der Waals surface area (Å²) in [4.78, 5) is 32.4. The molecule has 1 spiro atoms.